The second kappa shape index (κ2) is 7.13. The summed E-state index contributed by atoms with van der Waals surface area (Å²) in [4.78, 5) is 19.7. The smallest absolute Gasteiger partial charge is 0.255 e. The number of aryl methyl sites for hydroxylation is 1. The third-order valence-corrected chi connectivity index (χ3v) is 5.54. The Morgan fingerprint density at radius 2 is 1.90 bits per heavy atom. The molecule has 1 aliphatic heterocycles. The molecule has 5 rings (SSSR count). The highest BCUT2D eigenvalue weighted by Crippen LogP contribution is 2.27. The van der Waals surface area contributed by atoms with Gasteiger partial charge in [-0.25, -0.2) is 0 Å². The second-order valence-electron chi connectivity index (χ2n) is 7.44. The summed E-state index contributed by atoms with van der Waals surface area (Å²) in [7, 11) is 0. The van der Waals surface area contributed by atoms with Gasteiger partial charge in [0, 0.05) is 23.7 Å². The maximum absolute atomic E-state index is 13.5. The van der Waals surface area contributed by atoms with E-state index in [1.165, 1.54) is 5.56 Å². The Bertz CT molecular complexity index is 1180. The average Bonchev–Trinajstić information content (AvgIpc) is 3.14. The fourth-order valence-corrected chi connectivity index (χ4v) is 4.22. The molecule has 0 saturated heterocycles. The first kappa shape index (κ1) is 17.6. The van der Waals surface area contributed by atoms with E-state index in [1.54, 1.807) is 6.20 Å². The van der Waals surface area contributed by atoms with Crippen molar-refractivity contribution in [1.29, 1.82) is 0 Å². The SMILES string of the molecule is Cc1nnc2n1[C@H](Cc1ccccc1)CN(C(=O)c1cccc3ncccc13)C2. The van der Waals surface area contributed by atoms with Crippen molar-refractivity contribution < 1.29 is 4.79 Å². The van der Waals surface area contributed by atoms with Crippen molar-refractivity contribution in [3.8, 4) is 0 Å². The van der Waals surface area contributed by atoms with Crippen LogP contribution in [0.25, 0.3) is 10.9 Å². The minimum atomic E-state index is 0.00793. The van der Waals surface area contributed by atoms with Gasteiger partial charge < -0.3 is 9.47 Å². The largest absolute Gasteiger partial charge is 0.329 e. The minimum absolute atomic E-state index is 0.00793. The molecule has 6 heteroatoms. The number of carbonyl (C=O) groups is 1. The Morgan fingerprint density at radius 1 is 1.03 bits per heavy atom. The summed E-state index contributed by atoms with van der Waals surface area (Å²) >= 11 is 0. The first-order valence-electron chi connectivity index (χ1n) is 9.78. The zero-order valence-electron chi connectivity index (χ0n) is 16.2. The molecule has 0 spiro atoms. The topological polar surface area (TPSA) is 63.9 Å². The van der Waals surface area contributed by atoms with Crippen molar-refractivity contribution in [2.75, 3.05) is 6.54 Å². The van der Waals surface area contributed by atoms with Crippen LogP contribution in [0.2, 0.25) is 0 Å². The zero-order valence-corrected chi connectivity index (χ0v) is 16.2. The molecule has 6 nitrogen and oxygen atoms in total. The number of rotatable bonds is 3. The molecule has 29 heavy (non-hydrogen) atoms. The Kier molecular flexibility index (Phi) is 4.31. The van der Waals surface area contributed by atoms with E-state index in [1.807, 2.05) is 60.4 Å². The van der Waals surface area contributed by atoms with E-state index in [0.29, 0.717) is 18.7 Å². The molecule has 1 aliphatic rings. The van der Waals surface area contributed by atoms with Crippen LogP contribution in [0, 0.1) is 6.92 Å². The molecular weight excluding hydrogens is 362 g/mol. The van der Waals surface area contributed by atoms with Gasteiger partial charge in [-0.1, -0.05) is 42.5 Å². The van der Waals surface area contributed by atoms with Gasteiger partial charge in [-0.15, -0.1) is 10.2 Å². The molecule has 2 aromatic carbocycles. The Balaban J connectivity index is 1.50. The van der Waals surface area contributed by atoms with Crippen molar-refractivity contribution in [3.63, 3.8) is 0 Å². The van der Waals surface area contributed by atoms with Crippen molar-refractivity contribution in [2.45, 2.75) is 25.9 Å². The van der Waals surface area contributed by atoms with Crippen molar-refractivity contribution in [2.24, 2.45) is 0 Å². The fraction of sp³-hybridized carbons (Fsp3) is 0.217. The predicted molar refractivity (Wildman–Crippen MR) is 110 cm³/mol. The van der Waals surface area contributed by atoms with E-state index >= 15 is 0 Å². The van der Waals surface area contributed by atoms with Gasteiger partial charge in [0.1, 0.15) is 5.82 Å². The molecular formula is C23H21N5O. The van der Waals surface area contributed by atoms with Crippen LogP contribution in [-0.2, 0) is 13.0 Å². The van der Waals surface area contributed by atoms with E-state index in [4.69, 9.17) is 0 Å². The van der Waals surface area contributed by atoms with Crippen LogP contribution >= 0.6 is 0 Å². The molecule has 144 valence electrons. The average molecular weight is 383 g/mol. The Hall–Kier alpha value is -3.54. The van der Waals surface area contributed by atoms with Crippen molar-refractivity contribution >= 4 is 16.8 Å². The lowest BCUT2D eigenvalue weighted by Crippen LogP contribution is -2.42. The lowest BCUT2D eigenvalue weighted by molar-refractivity contribution is 0.0674. The van der Waals surface area contributed by atoms with Crippen LogP contribution in [0.3, 0.4) is 0 Å². The first-order chi connectivity index (χ1) is 14.2. The summed E-state index contributed by atoms with van der Waals surface area (Å²) in [5, 5.41) is 9.49. The van der Waals surface area contributed by atoms with Crippen LogP contribution in [0.5, 0.6) is 0 Å². The fourth-order valence-electron chi connectivity index (χ4n) is 4.22. The number of benzene rings is 2. The van der Waals surface area contributed by atoms with Gasteiger partial charge in [0.2, 0.25) is 0 Å². The Labute approximate surface area is 168 Å². The number of fused-ring (bicyclic) bond motifs is 2. The summed E-state index contributed by atoms with van der Waals surface area (Å²) in [5.74, 6) is 1.73. The Morgan fingerprint density at radius 3 is 2.76 bits per heavy atom. The van der Waals surface area contributed by atoms with E-state index in [9.17, 15) is 4.79 Å². The molecule has 4 aromatic rings. The first-order valence-corrected chi connectivity index (χ1v) is 9.78. The van der Waals surface area contributed by atoms with Gasteiger partial charge in [-0.2, -0.15) is 0 Å². The van der Waals surface area contributed by atoms with Crippen LogP contribution in [0.1, 0.15) is 33.6 Å². The number of aromatic nitrogens is 4. The van der Waals surface area contributed by atoms with Gasteiger partial charge in [0.05, 0.1) is 18.1 Å². The van der Waals surface area contributed by atoms with E-state index in [2.05, 4.69) is 31.9 Å². The van der Waals surface area contributed by atoms with Crippen LogP contribution in [0.4, 0.5) is 0 Å². The predicted octanol–water partition coefficient (Wildman–Crippen LogP) is 3.57. The van der Waals surface area contributed by atoms with E-state index in [0.717, 1.165) is 29.0 Å². The summed E-state index contributed by atoms with van der Waals surface area (Å²) < 4.78 is 2.18. The molecule has 3 heterocycles. The molecule has 0 unspecified atom stereocenters. The molecule has 0 bridgehead atoms. The number of amides is 1. The molecule has 0 fully saturated rings. The summed E-state index contributed by atoms with van der Waals surface area (Å²) in [6.07, 6.45) is 2.58. The number of nitrogens with zero attached hydrogens (tertiary/aromatic N) is 5. The third-order valence-electron chi connectivity index (χ3n) is 5.54. The maximum atomic E-state index is 13.5. The van der Waals surface area contributed by atoms with E-state index in [-0.39, 0.29) is 11.9 Å². The second-order valence-corrected chi connectivity index (χ2v) is 7.44. The number of pyridine rings is 1. The molecule has 0 N–H and O–H groups in total. The van der Waals surface area contributed by atoms with Crippen LogP contribution in [0.15, 0.2) is 66.9 Å². The van der Waals surface area contributed by atoms with E-state index < -0.39 is 0 Å². The van der Waals surface area contributed by atoms with Crippen LogP contribution < -0.4 is 0 Å². The maximum Gasteiger partial charge on any atom is 0.255 e. The molecule has 0 aliphatic carbocycles. The number of hydrogen-bond acceptors (Lipinski definition) is 4. The number of hydrogen-bond donors (Lipinski definition) is 0. The molecule has 1 amide bonds. The molecule has 1 atom stereocenters. The highest BCUT2D eigenvalue weighted by molar-refractivity contribution is 6.06. The summed E-state index contributed by atoms with van der Waals surface area (Å²) in [6, 6.07) is 20.0. The van der Waals surface area contributed by atoms with Gasteiger partial charge in [-0.05, 0) is 37.1 Å². The molecule has 0 radical (unpaired) electrons. The third kappa shape index (κ3) is 3.16. The lowest BCUT2D eigenvalue weighted by Gasteiger charge is -2.34. The molecule has 2 aromatic heterocycles. The monoisotopic (exact) mass is 383 g/mol. The minimum Gasteiger partial charge on any atom is -0.329 e. The normalized spacial score (nSPS) is 16.0. The number of carbonyl (C=O) groups excluding carboxylic acids is 1. The highest BCUT2D eigenvalue weighted by Gasteiger charge is 2.31. The van der Waals surface area contributed by atoms with Gasteiger partial charge in [0.15, 0.2) is 5.82 Å². The van der Waals surface area contributed by atoms with Crippen molar-refractivity contribution in [3.05, 3.63) is 89.6 Å². The summed E-state index contributed by atoms with van der Waals surface area (Å²) in [5.41, 5.74) is 2.74. The van der Waals surface area contributed by atoms with Gasteiger partial charge in [0.25, 0.3) is 5.91 Å². The summed E-state index contributed by atoms with van der Waals surface area (Å²) in [6.45, 7) is 3.06. The van der Waals surface area contributed by atoms with Gasteiger partial charge in [-0.3, -0.25) is 9.78 Å². The van der Waals surface area contributed by atoms with Crippen LogP contribution in [-0.4, -0.2) is 37.1 Å². The highest BCUT2D eigenvalue weighted by atomic mass is 16.2. The zero-order chi connectivity index (χ0) is 19.8. The molecule has 0 saturated carbocycles. The van der Waals surface area contributed by atoms with Crippen molar-refractivity contribution in [1.82, 2.24) is 24.6 Å². The quantitative estimate of drug-likeness (QED) is 0.542. The van der Waals surface area contributed by atoms with Gasteiger partial charge >= 0.3 is 0 Å². The lowest BCUT2D eigenvalue weighted by atomic mass is 10.0. The standard InChI is InChI=1S/C23H21N5O/c1-16-25-26-22-15-27(14-18(28(16)22)13-17-7-3-2-4-8-17)23(29)20-9-5-11-21-19(20)10-6-12-24-21/h2-12,18H,13-15H2,1H3/t18-/m1/s1.